The Kier molecular flexibility index (Phi) is 3.28. The lowest BCUT2D eigenvalue weighted by molar-refractivity contribution is -0.132. The van der Waals surface area contributed by atoms with E-state index >= 15 is 0 Å². The molecule has 0 spiro atoms. The van der Waals surface area contributed by atoms with E-state index in [9.17, 15) is 4.79 Å². The van der Waals surface area contributed by atoms with E-state index in [1.54, 1.807) is 17.5 Å². The fraction of sp³-hybridized carbons (Fsp3) is 0.0588. The smallest absolute Gasteiger partial charge is 0.331 e. The molecule has 0 bridgehead atoms. The van der Waals surface area contributed by atoms with Crippen molar-refractivity contribution in [2.75, 3.05) is 0 Å². The minimum absolute atomic E-state index is 0.283. The molecular formula is C17H14N2O2. The number of pyridine rings is 1. The van der Waals surface area contributed by atoms with E-state index in [-0.39, 0.29) is 5.57 Å². The zero-order valence-corrected chi connectivity index (χ0v) is 11.5. The van der Waals surface area contributed by atoms with E-state index < -0.39 is 5.97 Å². The summed E-state index contributed by atoms with van der Waals surface area (Å²) >= 11 is 0. The lowest BCUT2D eigenvalue weighted by Crippen LogP contribution is -1.95. The first-order valence-electron chi connectivity index (χ1n) is 6.61. The van der Waals surface area contributed by atoms with Gasteiger partial charge in [0.05, 0.1) is 5.52 Å². The summed E-state index contributed by atoms with van der Waals surface area (Å²) in [7, 11) is 0. The van der Waals surface area contributed by atoms with Gasteiger partial charge >= 0.3 is 5.97 Å². The van der Waals surface area contributed by atoms with Gasteiger partial charge in [-0.25, -0.2) is 9.31 Å². The number of aliphatic carboxylic acids is 1. The number of carboxylic acid groups (broad SMARTS) is 1. The largest absolute Gasteiger partial charge is 0.478 e. The van der Waals surface area contributed by atoms with Gasteiger partial charge in [-0.05, 0) is 25.1 Å². The molecule has 1 aromatic carbocycles. The first-order valence-corrected chi connectivity index (χ1v) is 6.61. The normalized spacial score (nSPS) is 11.8. The topological polar surface area (TPSA) is 54.6 Å². The average molecular weight is 278 g/mol. The van der Waals surface area contributed by atoms with Crippen LogP contribution in [-0.4, -0.2) is 20.7 Å². The van der Waals surface area contributed by atoms with Crippen LogP contribution in [0.5, 0.6) is 0 Å². The maximum atomic E-state index is 11.1. The Balaban J connectivity index is 2.29. The standard InChI is InChI=1S/C17H14N2O2/c1-12(17(20)21)11-14-15-9-5-6-10-19(15)18-16(14)13-7-3-2-4-8-13/h2-11H,1H3,(H,20,21). The lowest BCUT2D eigenvalue weighted by Gasteiger charge is -1.99. The molecule has 3 aromatic rings. The Morgan fingerprint density at radius 2 is 1.86 bits per heavy atom. The maximum absolute atomic E-state index is 11.1. The van der Waals surface area contributed by atoms with Gasteiger partial charge in [-0.2, -0.15) is 5.10 Å². The van der Waals surface area contributed by atoms with Crippen molar-refractivity contribution in [2.45, 2.75) is 6.92 Å². The van der Waals surface area contributed by atoms with Crippen molar-refractivity contribution in [3.05, 3.63) is 65.9 Å². The molecule has 4 nitrogen and oxygen atoms in total. The molecule has 0 atom stereocenters. The molecule has 0 radical (unpaired) electrons. The highest BCUT2D eigenvalue weighted by Gasteiger charge is 2.13. The van der Waals surface area contributed by atoms with E-state index in [2.05, 4.69) is 5.10 Å². The van der Waals surface area contributed by atoms with Crippen LogP contribution >= 0.6 is 0 Å². The number of fused-ring (bicyclic) bond motifs is 1. The predicted molar refractivity (Wildman–Crippen MR) is 81.9 cm³/mol. The van der Waals surface area contributed by atoms with Gasteiger partial charge in [-0.15, -0.1) is 0 Å². The summed E-state index contributed by atoms with van der Waals surface area (Å²) in [5, 5.41) is 13.7. The van der Waals surface area contributed by atoms with Crippen LogP contribution in [0.1, 0.15) is 12.5 Å². The van der Waals surface area contributed by atoms with Crippen LogP contribution in [0.2, 0.25) is 0 Å². The fourth-order valence-electron chi connectivity index (χ4n) is 2.25. The molecule has 104 valence electrons. The van der Waals surface area contributed by atoms with Crippen molar-refractivity contribution in [1.82, 2.24) is 9.61 Å². The summed E-state index contributed by atoms with van der Waals surface area (Å²) in [6.45, 7) is 1.59. The molecule has 0 saturated carbocycles. The molecular weight excluding hydrogens is 264 g/mol. The highest BCUT2D eigenvalue weighted by atomic mass is 16.4. The summed E-state index contributed by atoms with van der Waals surface area (Å²) in [6, 6.07) is 15.5. The number of aromatic nitrogens is 2. The Morgan fingerprint density at radius 1 is 1.14 bits per heavy atom. The van der Waals surface area contributed by atoms with Crippen LogP contribution in [0, 0.1) is 0 Å². The highest BCUT2D eigenvalue weighted by Crippen LogP contribution is 2.28. The van der Waals surface area contributed by atoms with Crippen LogP contribution in [0.3, 0.4) is 0 Å². The summed E-state index contributed by atoms with van der Waals surface area (Å²) in [4.78, 5) is 11.1. The van der Waals surface area contributed by atoms with Crippen LogP contribution in [-0.2, 0) is 4.79 Å². The zero-order valence-electron chi connectivity index (χ0n) is 11.5. The van der Waals surface area contributed by atoms with Gasteiger partial charge in [0.1, 0.15) is 5.69 Å². The molecule has 0 unspecified atom stereocenters. The van der Waals surface area contributed by atoms with Gasteiger partial charge in [-0.3, -0.25) is 0 Å². The Hall–Kier alpha value is -2.88. The lowest BCUT2D eigenvalue weighted by atomic mass is 10.0. The van der Waals surface area contributed by atoms with Gasteiger partial charge in [0.2, 0.25) is 0 Å². The third-order valence-electron chi connectivity index (χ3n) is 3.32. The quantitative estimate of drug-likeness (QED) is 0.746. The van der Waals surface area contributed by atoms with Gasteiger partial charge in [0.15, 0.2) is 0 Å². The van der Waals surface area contributed by atoms with Crippen molar-refractivity contribution in [2.24, 2.45) is 0 Å². The van der Waals surface area contributed by atoms with E-state index in [1.165, 1.54) is 0 Å². The molecule has 4 heteroatoms. The summed E-state index contributed by atoms with van der Waals surface area (Å²) in [5.41, 5.74) is 3.73. The van der Waals surface area contributed by atoms with Gasteiger partial charge < -0.3 is 5.11 Å². The molecule has 3 rings (SSSR count). The summed E-state index contributed by atoms with van der Waals surface area (Å²) in [5.74, 6) is -0.927. The number of nitrogens with zero attached hydrogens (tertiary/aromatic N) is 2. The van der Waals surface area contributed by atoms with Crippen LogP contribution in [0.25, 0.3) is 22.9 Å². The van der Waals surface area contributed by atoms with Gasteiger partial charge in [-0.1, -0.05) is 36.4 Å². The van der Waals surface area contributed by atoms with Gasteiger partial charge in [0.25, 0.3) is 0 Å². The minimum atomic E-state index is -0.927. The molecule has 2 aromatic heterocycles. The second-order valence-corrected chi connectivity index (χ2v) is 4.79. The zero-order chi connectivity index (χ0) is 14.8. The third-order valence-corrected chi connectivity index (χ3v) is 3.32. The van der Waals surface area contributed by atoms with Crippen LogP contribution in [0.4, 0.5) is 0 Å². The summed E-state index contributed by atoms with van der Waals surface area (Å²) < 4.78 is 1.77. The first kappa shape index (κ1) is 13.1. The van der Waals surface area contributed by atoms with E-state index in [4.69, 9.17) is 5.11 Å². The molecule has 0 saturated heterocycles. The van der Waals surface area contributed by atoms with Crippen LogP contribution < -0.4 is 0 Å². The van der Waals surface area contributed by atoms with Crippen molar-refractivity contribution < 1.29 is 9.90 Å². The van der Waals surface area contributed by atoms with E-state index in [1.807, 2.05) is 54.7 Å². The highest BCUT2D eigenvalue weighted by molar-refractivity contribution is 5.95. The SMILES string of the molecule is CC(=Cc1c(-c2ccccc2)nn2ccccc12)C(=O)O. The third kappa shape index (κ3) is 2.43. The monoisotopic (exact) mass is 278 g/mol. The molecule has 0 aliphatic rings. The Morgan fingerprint density at radius 3 is 2.57 bits per heavy atom. The molecule has 0 aliphatic carbocycles. The Bertz CT molecular complexity index is 832. The fourth-order valence-corrected chi connectivity index (χ4v) is 2.25. The van der Waals surface area contributed by atoms with Crippen molar-refractivity contribution in [3.63, 3.8) is 0 Å². The van der Waals surface area contributed by atoms with E-state index in [0.29, 0.717) is 0 Å². The van der Waals surface area contributed by atoms with Crippen molar-refractivity contribution in [1.29, 1.82) is 0 Å². The number of carbonyl (C=O) groups is 1. The second-order valence-electron chi connectivity index (χ2n) is 4.79. The number of hydrogen-bond acceptors (Lipinski definition) is 2. The summed E-state index contributed by atoms with van der Waals surface area (Å²) in [6.07, 6.45) is 3.53. The molecule has 2 heterocycles. The molecule has 0 amide bonds. The van der Waals surface area contributed by atoms with Crippen molar-refractivity contribution in [3.8, 4) is 11.3 Å². The predicted octanol–water partition coefficient (Wildman–Crippen LogP) is 3.49. The molecule has 1 N–H and O–H groups in total. The minimum Gasteiger partial charge on any atom is -0.478 e. The maximum Gasteiger partial charge on any atom is 0.331 e. The Labute approximate surface area is 122 Å². The second kappa shape index (κ2) is 5.25. The molecule has 21 heavy (non-hydrogen) atoms. The number of hydrogen-bond donors (Lipinski definition) is 1. The van der Waals surface area contributed by atoms with E-state index in [0.717, 1.165) is 22.3 Å². The van der Waals surface area contributed by atoms with Crippen LogP contribution in [0.15, 0.2) is 60.3 Å². The van der Waals surface area contributed by atoms with Crippen molar-refractivity contribution >= 4 is 17.6 Å². The molecule has 0 aliphatic heterocycles. The number of rotatable bonds is 3. The van der Waals surface area contributed by atoms with Gasteiger partial charge in [0, 0.05) is 22.9 Å². The number of carboxylic acids is 1. The first-order chi connectivity index (χ1) is 10.2. The molecule has 0 fully saturated rings. The number of benzene rings is 1. The average Bonchev–Trinajstić information content (AvgIpc) is 2.87.